The maximum absolute atomic E-state index is 11.5. The highest BCUT2D eigenvalue weighted by molar-refractivity contribution is 5.89. The highest BCUT2D eigenvalue weighted by Crippen LogP contribution is 2.19. The summed E-state index contributed by atoms with van der Waals surface area (Å²) in [4.78, 5) is 21.9. The summed E-state index contributed by atoms with van der Waals surface area (Å²) in [6.45, 7) is 0.310. The van der Waals surface area contributed by atoms with Gasteiger partial charge in [-0.15, -0.1) is 0 Å². The van der Waals surface area contributed by atoms with Crippen LogP contribution in [0.2, 0.25) is 0 Å². The third-order valence-corrected chi connectivity index (χ3v) is 4.14. The van der Waals surface area contributed by atoms with Crippen LogP contribution in [0.25, 0.3) is 0 Å². The first kappa shape index (κ1) is 20.5. The van der Waals surface area contributed by atoms with Crippen LogP contribution in [0.4, 0.5) is 11.4 Å². The highest BCUT2D eigenvalue weighted by atomic mass is 16.6. The molecule has 0 aliphatic heterocycles. The molecule has 8 nitrogen and oxygen atoms in total. The predicted molar refractivity (Wildman–Crippen MR) is 113 cm³/mol. The van der Waals surface area contributed by atoms with Gasteiger partial charge in [0.05, 0.1) is 29.5 Å². The van der Waals surface area contributed by atoms with E-state index in [0.29, 0.717) is 23.6 Å². The lowest BCUT2D eigenvalue weighted by Gasteiger charge is -2.09. The van der Waals surface area contributed by atoms with Gasteiger partial charge in [0.25, 0.3) is 5.69 Å². The Bertz CT molecular complexity index is 1060. The monoisotopic (exact) mass is 405 g/mol. The van der Waals surface area contributed by atoms with E-state index in [1.54, 1.807) is 42.6 Å². The number of anilines is 1. The molecule has 3 aromatic carbocycles. The molecule has 0 amide bonds. The lowest BCUT2D eigenvalue weighted by atomic mass is 10.1. The van der Waals surface area contributed by atoms with Crippen molar-refractivity contribution in [2.75, 3.05) is 12.5 Å². The third kappa shape index (κ3) is 5.41. The molecule has 0 aromatic heterocycles. The fourth-order valence-corrected chi connectivity index (χ4v) is 2.60. The molecule has 0 unspecified atom stereocenters. The van der Waals surface area contributed by atoms with Crippen molar-refractivity contribution in [3.8, 4) is 5.75 Å². The van der Waals surface area contributed by atoms with Gasteiger partial charge in [-0.25, -0.2) is 4.79 Å². The minimum Gasteiger partial charge on any atom is -0.488 e. The number of carbonyl (C=O) groups excluding carboxylic acids is 1. The molecule has 0 spiro atoms. The van der Waals surface area contributed by atoms with Crippen LogP contribution in [-0.2, 0) is 11.3 Å². The topological polar surface area (TPSA) is 103 Å². The van der Waals surface area contributed by atoms with Gasteiger partial charge in [-0.05, 0) is 35.9 Å². The SMILES string of the molecule is COC(=O)c1ccc(COc2ccccc2/C=N\Nc2cccc([N+](=O)[O-])c2)cc1. The normalized spacial score (nSPS) is 10.6. The van der Waals surface area contributed by atoms with E-state index in [9.17, 15) is 14.9 Å². The van der Waals surface area contributed by atoms with E-state index in [1.165, 1.54) is 19.2 Å². The van der Waals surface area contributed by atoms with Crippen molar-refractivity contribution in [3.63, 3.8) is 0 Å². The van der Waals surface area contributed by atoms with E-state index in [0.717, 1.165) is 11.1 Å². The molecule has 0 aliphatic rings. The van der Waals surface area contributed by atoms with Gasteiger partial charge in [0.2, 0.25) is 0 Å². The second kappa shape index (κ2) is 9.83. The average molecular weight is 405 g/mol. The lowest BCUT2D eigenvalue weighted by molar-refractivity contribution is -0.384. The van der Waals surface area contributed by atoms with Crippen LogP contribution in [0.15, 0.2) is 77.9 Å². The van der Waals surface area contributed by atoms with Crippen LogP contribution < -0.4 is 10.2 Å². The van der Waals surface area contributed by atoms with E-state index in [1.807, 2.05) is 24.3 Å². The third-order valence-electron chi connectivity index (χ3n) is 4.14. The Hall–Kier alpha value is -4.20. The molecule has 0 saturated heterocycles. The summed E-state index contributed by atoms with van der Waals surface area (Å²) in [6, 6.07) is 20.4. The van der Waals surface area contributed by atoms with Gasteiger partial charge in [0, 0.05) is 17.7 Å². The number of hydrazone groups is 1. The molecule has 8 heteroatoms. The summed E-state index contributed by atoms with van der Waals surface area (Å²) in [5, 5.41) is 15.0. The van der Waals surface area contributed by atoms with Crippen LogP contribution in [0.1, 0.15) is 21.5 Å². The zero-order chi connectivity index (χ0) is 21.3. The quantitative estimate of drug-likeness (QED) is 0.258. The van der Waals surface area contributed by atoms with Gasteiger partial charge in [0.1, 0.15) is 12.4 Å². The van der Waals surface area contributed by atoms with E-state index >= 15 is 0 Å². The molecule has 3 aromatic rings. The summed E-state index contributed by atoms with van der Waals surface area (Å²) in [6.07, 6.45) is 1.58. The lowest BCUT2D eigenvalue weighted by Crippen LogP contribution is -2.02. The van der Waals surface area contributed by atoms with Gasteiger partial charge >= 0.3 is 5.97 Å². The number of hydrogen-bond donors (Lipinski definition) is 1. The molecule has 30 heavy (non-hydrogen) atoms. The van der Waals surface area contributed by atoms with E-state index in [-0.39, 0.29) is 11.7 Å². The fraction of sp³-hybridized carbons (Fsp3) is 0.0909. The number of non-ortho nitro benzene ring substituents is 1. The Balaban J connectivity index is 1.64. The first-order valence-electron chi connectivity index (χ1n) is 8.99. The number of nitrogens with zero attached hydrogens (tertiary/aromatic N) is 2. The zero-order valence-electron chi connectivity index (χ0n) is 16.1. The number of rotatable bonds is 8. The van der Waals surface area contributed by atoms with Crippen LogP contribution in [0, 0.1) is 10.1 Å². The summed E-state index contributed by atoms with van der Waals surface area (Å²) in [5.74, 6) is 0.236. The smallest absolute Gasteiger partial charge is 0.337 e. The molecule has 0 saturated carbocycles. The van der Waals surface area contributed by atoms with Gasteiger partial charge in [-0.3, -0.25) is 15.5 Å². The second-order valence-corrected chi connectivity index (χ2v) is 6.19. The van der Waals surface area contributed by atoms with Gasteiger partial charge in [-0.1, -0.05) is 30.3 Å². The number of nitro groups is 1. The number of carbonyl (C=O) groups is 1. The van der Waals surface area contributed by atoms with Crippen molar-refractivity contribution in [3.05, 3.63) is 99.6 Å². The minimum atomic E-state index is -0.463. The predicted octanol–water partition coefficient (Wildman–Crippen LogP) is 4.41. The van der Waals surface area contributed by atoms with Crippen molar-refractivity contribution in [1.29, 1.82) is 0 Å². The van der Waals surface area contributed by atoms with Crippen molar-refractivity contribution < 1.29 is 19.2 Å². The number of nitro benzene ring substituents is 1. The number of hydrogen-bond acceptors (Lipinski definition) is 7. The van der Waals surface area contributed by atoms with E-state index < -0.39 is 4.92 Å². The molecule has 0 radical (unpaired) electrons. The molecule has 0 fully saturated rings. The van der Waals surface area contributed by atoms with Crippen molar-refractivity contribution in [1.82, 2.24) is 0 Å². The number of esters is 1. The van der Waals surface area contributed by atoms with Crippen LogP contribution in [-0.4, -0.2) is 24.2 Å². The Labute approximate surface area is 172 Å². The largest absolute Gasteiger partial charge is 0.488 e. The molecule has 0 atom stereocenters. The van der Waals surface area contributed by atoms with Crippen LogP contribution >= 0.6 is 0 Å². The Kier molecular flexibility index (Phi) is 6.73. The number of para-hydroxylation sites is 1. The average Bonchev–Trinajstić information content (AvgIpc) is 2.78. The van der Waals surface area contributed by atoms with Crippen LogP contribution in [0.5, 0.6) is 5.75 Å². The van der Waals surface area contributed by atoms with Gasteiger partial charge < -0.3 is 9.47 Å². The van der Waals surface area contributed by atoms with E-state index in [4.69, 9.17) is 4.74 Å². The highest BCUT2D eigenvalue weighted by Gasteiger charge is 2.07. The Morgan fingerprint density at radius 3 is 2.60 bits per heavy atom. The van der Waals surface area contributed by atoms with Crippen LogP contribution in [0.3, 0.4) is 0 Å². The number of benzene rings is 3. The summed E-state index contributed by atoms with van der Waals surface area (Å²) >= 11 is 0. The minimum absolute atomic E-state index is 0.0165. The maximum Gasteiger partial charge on any atom is 0.337 e. The second-order valence-electron chi connectivity index (χ2n) is 6.19. The molecule has 3 rings (SSSR count). The summed E-state index contributed by atoms with van der Waals surface area (Å²) in [5.41, 5.74) is 5.37. The van der Waals surface area contributed by atoms with Crippen molar-refractivity contribution in [2.45, 2.75) is 6.61 Å². The standard InChI is InChI=1S/C22H19N3O5/c1-29-22(26)17-11-9-16(10-12-17)15-30-21-8-3-2-5-18(21)14-23-24-19-6-4-7-20(13-19)25(27)28/h2-14,24H,15H2,1H3/b23-14-. The molecule has 0 heterocycles. The van der Waals surface area contributed by atoms with Gasteiger partial charge in [0.15, 0.2) is 0 Å². The van der Waals surface area contributed by atoms with Crippen molar-refractivity contribution in [2.24, 2.45) is 5.10 Å². The Morgan fingerprint density at radius 2 is 1.87 bits per heavy atom. The van der Waals surface area contributed by atoms with Crippen molar-refractivity contribution >= 4 is 23.6 Å². The first-order chi connectivity index (χ1) is 14.6. The number of methoxy groups -OCH3 is 1. The summed E-state index contributed by atoms with van der Waals surface area (Å²) in [7, 11) is 1.34. The summed E-state index contributed by atoms with van der Waals surface area (Å²) < 4.78 is 10.6. The number of nitrogens with one attached hydrogen (secondary N) is 1. The fourth-order valence-electron chi connectivity index (χ4n) is 2.60. The molecular formula is C22H19N3O5. The molecule has 0 bridgehead atoms. The maximum atomic E-state index is 11.5. The zero-order valence-corrected chi connectivity index (χ0v) is 16.1. The molecular weight excluding hydrogens is 386 g/mol. The molecule has 152 valence electrons. The number of ether oxygens (including phenoxy) is 2. The van der Waals surface area contributed by atoms with E-state index in [2.05, 4.69) is 15.3 Å². The van der Waals surface area contributed by atoms with Gasteiger partial charge in [-0.2, -0.15) is 5.10 Å². The molecule has 0 aliphatic carbocycles. The molecule has 1 N–H and O–H groups in total. The Morgan fingerprint density at radius 1 is 1.10 bits per heavy atom. The first-order valence-corrected chi connectivity index (χ1v) is 8.99.